The number of carbonyl (C=O) groups is 2. The number of amides is 1. The SMILES string of the molecule is CCCCOC(=O)N(CC(=O)O)c1ccc(O)cc1. The van der Waals surface area contributed by atoms with Crippen LogP contribution in [0.25, 0.3) is 0 Å². The molecule has 0 saturated heterocycles. The number of anilines is 1. The number of aliphatic carboxylic acids is 1. The largest absolute Gasteiger partial charge is 0.508 e. The number of aromatic hydroxyl groups is 1. The minimum Gasteiger partial charge on any atom is -0.508 e. The third-order valence-electron chi connectivity index (χ3n) is 2.40. The Morgan fingerprint density at radius 1 is 1.26 bits per heavy atom. The number of benzene rings is 1. The Labute approximate surface area is 111 Å². The summed E-state index contributed by atoms with van der Waals surface area (Å²) in [4.78, 5) is 23.6. The van der Waals surface area contributed by atoms with Crippen LogP contribution in [-0.4, -0.2) is 35.4 Å². The van der Waals surface area contributed by atoms with E-state index >= 15 is 0 Å². The van der Waals surface area contributed by atoms with E-state index < -0.39 is 18.6 Å². The van der Waals surface area contributed by atoms with E-state index in [1.54, 1.807) is 0 Å². The van der Waals surface area contributed by atoms with Crippen molar-refractivity contribution in [3.63, 3.8) is 0 Å². The molecule has 0 heterocycles. The van der Waals surface area contributed by atoms with Crippen LogP contribution >= 0.6 is 0 Å². The van der Waals surface area contributed by atoms with Crippen LogP contribution in [0.15, 0.2) is 24.3 Å². The highest BCUT2D eigenvalue weighted by molar-refractivity contribution is 5.93. The Morgan fingerprint density at radius 2 is 1.89 bits per heavy atom. The molecule has 1 rings (SSSR count). The van der Waals surface area contributed by atoms with Gasteiger partial charge in [0.15, 0.2) is 0 Å². The predicted octanol–water partition coefficient (Wildman–Crippen LogP) is 2.22. The van der Waals surface area contributed by atoms with Crippen molar-refractivity contribution in [2.24, 2.45) is 0 Å². The number of carbonyl (C=O) groups excluding carboxylic acids is 1. The number of rotatable bonds is 6. The van der Waals surface area contributed by atoms with Crippen molar-refractivity contribution in [1.82, 2.24) is 0 Å². The molecule has 0 spiro atoms. The summed E-state index contributed by atoms with van der Waals surface area (Å²) in [5.41, 5.74) is 0.363. The van der Waals surface area contributed by atoms with Crippen molar-refractivity contribution in [3.8, 4) is 5.75 Å². The third-order valence-corrected chi connectivity index (χ3v) is 2.40. The van der Waals surface area contributed by atoms with Gasteiger partial charge >= 0.3 is 12.1 Å². The number of unbranched alkanes of at least 4 members (excludes halogenated alkanes) is 1. The molecule has 0 unspecified atom stereocenters. The standard InChI is InChI=1S/C13H17NO5/c1-2-3-8-19-13(18)14(9-12(16)17)10-4-6-11(15)7-5-10/h4-7,15H,2-3,8-9H2,1H3,(H,16,17). The van der Waals surface area contributed by atoms with Crippen LogP contribution in [0.2, 0.25) is 0 Å². The van der Waals surface area contributed by atoms with Crippen molar-refractivity contribution in [2.75, 3.05) is 18.1 Å². The summed E-state index contributed by atoms with van der Waals surface area (Å²) in [5.74, 6) is -1.10. The van der Waals surface area contributed by atoms with Crippen molar-refractivity contribution in [1.29, 1.82) is 0 Å². The lowest BCUT2D eigenvalue weighted by molar-refractivity contribution is -0.135. The molecule has 1 amide bonds. The van der Waals surface area contributed by atoms with Gasteiger partial charge in [-0.3, -0.25) is 9.69 Å². The molecule has 19 heavy (non-hydrogen) atoms. The van der Waals surface area contributed by atoms with Crippen LogP contribution in [0.1, 0.15) is 19.8 Å². The van der Waals surface area contributed by atoms with Gasteiger partial charge in [0, 0.05) is 5.69 Å². The van der Waals surface area contributed by atoms with E-state index in [2.05, 4.69) is 0 Å². The van der Waals surface area contributed by atoms with Gasteiger partial charge < -0.3 is 14.9 Å². The number of phenols is 1. The van der Waals surface area contributed by atoms with Crippen LogP contribution in [0, 0.1) is 0 Å². The Morgan fingerprint density at radius 3 is 2.42 bits per heavy atom. The molecule has 0 fully saturated rings. The monoisotopic (exact) mass is 267 g/mol. The zero-order chi connectivity index (χ0) is 14.3. The fraction of sp³-hybridized carbons (Fsp3) is 0.385. The molecular weight excluding hydrogens is 250 g/mol. The van der Waals surface area contributed by atoms with Gasteiger partial charge in [-0.15, -0.1) is 0 Å². The Kier molecular flexibility index (Phi) is 5.66. The van der Waals surface area contributed by atoms with E-state index in [0.29, 0.717) is 5.69 Å². The number of ether oxygens (including phenoxy) is 1. The van der Waals surface area contributed by atoms with Crippen molar-refractivity contribution in [2.45, 2.75) is 19.8 Å². The number of nitrogens with zero attached hydrogens (tertiary/aromatic N) is 1. The molecule has 0 aliphatic heterocycles. The van der Waals surface area contributed by atoms with Gasteiger partial charge in [0.1, 0.15) is 12.3 Å². The first-order valence-electron chi connectivity index (χ1n) is 5.99. The molecule has 1 aromatic rings. The van der Waals surface area contributed by atoms with E-state index in [4.69, 9.17) is 9.84 Å². The average Bonchev–Trinajstić information content (AvgIpc) is 2.37. The van der Waals surface area contributed by atoms with Gasteiger partial charge in [-0.1, -0.05) is 13.3 Å². The zero-order valence-electron chi connectivity index (χ0n) is 10.7. The van der Waals surface area contributed by atoms with Gasteiger partial charge in [-0.25, -0.2) is 4.79 Å². The molecule has 0 saturated carbocycles. The second-order valence-corrected chi connectivity index (χ2v) is 3.96. The van der Waals surface area contributed by atoms with E-state index in [0.717, 1.165) is 17.7 Å². The minimum atomic E-state index is -1.14. The average molecular weight is 267 g/mol. The van der Waals surface area contributed by atoms with Crippen LogP contribution < -0.4 is 4.90 Å². The maximum absolute atomic E-state index is 11.8. The fourth-order valence-corrected chi connectivity index (χ4v) is 1.41. The van der Waals surface area contributed by atoms with Crippen molar-refractivity contribution >= 4 is 17.7 Å². The van der Waals surface area contributed by atoms with E-state index in [-0.39, 0.29) is 12.4 Å². The van der Waals surface area contributed by atoms with Gasteiger partial charge in [0.25, 0.3) is 0 Å². The lowest BCUT2D eigenvalue weighted by Crippen LogP contribution is -2.36. The lowest BCUT2D eigenvalue weighted by Gasteiger charge is -2.20. The van der Waals surface area contributed by atoms with Gasteiger partial charge in [-0.05, 0) is 30.7 Å². The lowest BCUT2D eigenvalue weighted by atomic mass is 10.3. The quantitative estimate of drug-likeness (QED) is 0.772. The molecule has 0 radical (unpaired) electrons. The number of hydrogen-bond acceptors (Lipinski definition) is 4. The Balaban J connectivity index is 2.79. The van der Waals surface area contributed by atoms with Crippen molar-refractivity contribution < 1.29 is 24.5 Å². The molecule has 0 bridgehead atoms. The molecule has 0 atom stereocenters. The van der Waals surface area contributed by atoms with Crippen LogP contribution in [-0.2, 0) is 9.53 Å². The second kappa shape index (κ2) is 7.25. The predicted molar refractivity (Wildman–Crippen MR) is 69.3 cm³/mol. The number of phenolic OH excluding ortho intramolecular Hbond substituents is 1. The van der Waals surface area contributed by atoms with Gasteiger partial charge in [0.2, 0.25) is 0 Å². The second-order valence-electron chi connectivity index (χ2n) is 3.96. The number of carboxylic acid groups (broad SMARTS) is 1. The zero-order valence-corrected chi connectivity index (χ0v) is 10.7. The first-order chi connectivity index (χ1) is 9.04. The highest BCUT2D eigenvalue weighted by Crippen LogP contribution is 2.19. The maximum Gasteiger partial charge on any atom is 0.414 e. The summed E-state index contributed by atoms with van der Waals surface area (Å²) in [6.07, 6.45) is 0.898. The van der Waals surface area contributed by atoms with Gasteiger partial charge in [0.05, 0.1) is 6.61 Å². The van der Waals surface area contributed by atoms with Gasteiger partial charge in [-0.2, -0.15) is 0 Å². The summed E-state index contributed by atoms with van der Waals surface area (Å²) in [7, 11) is 0. The highest BCUT2D eigenvalue weighted by Gasteiger charge is 2.20. The maximum atomic E-state index is 11.8. The summed E-state index contributed by atoms with van der Waals surface area (Å²) in [5, 5.41) is 18.0. The summed E-state index contributed by atoms with van der Waals surface area (Å²) >= 11 is 0. The molecule has 104 valence electrons. The molecule has 6 nitrogen and oxygen atoms in total. The van der Waals surface area contributed by atoms with Crippen molar-refractivity contribution in [3.05, 3.63) is 24.3 Å². The smallest absolute Gasteiger partial charge is 0.414 e. The molecular formula is C13H17NO5. The number of carboxylic acids is 1. The normalized spacial score (nSPS) is 9.95. The molecule has 6 heteroatoms. The van der Waals surface area contributed by atoms with E-state index in [1.165, 1.54) is 24.3 Å². The Bertz CT molecular complexity index is 429. The fourth-order valence-electron chi connectivity index (χ4n) is 1.41. The van der Waals surface area contributed by atoms with Crippen LogP contribution in [0.4, 0.5) is 10.5 Å². The molecule has 0 aliphatic carbocycles. The van der Waals surface area contributed by atoms with E-state index in [9.17, 15) is 14.7 Å². The molecule has 0 aliphatic rings. The van der Waals surface area contributed by atoms with Crippen LogP contribution in [0.3, 0.4) is 0 Å². The molecule has 2 N–H and O–H groups in total. The first-order valence-corrected chi connectivity index (χ1v) is 5.99. The third kappa shape index (κ3) is 4.87. The number of hydrogen-bond donors (Lipinski definition) is 2. The van der Waals surface area contributed by atoms with E-state index in [1.807, 2.05) is 6.92 Å². The molecule has 1 aromatic carbocycles. The van der Waals surface area contributed by atoms with Crippen LogP contribution in [0.5, 0.6) is 5.75 Å². The topological polar surface area (TPSA) is 87.1 Å². The Hall–Kier alpha value is -2.24. The summed E-state index contributed by atoms with van der Waals surface area (Å²) in [6.45, 7) is 1.72. The summed E-state index contributed by atoms with van der Waals surface area (Å²) in [6, 6.07) is 5.67. The highest BCUT2D eigenvalue weighted by atomic mass is 16.6. The minimum absolute atomic E-state index is 0.0402. The first kappa shape index (κ1) is 14.8. The summed E-state index contributed by atoms with van der Waals surface area (Å²) < 4.78 is 4.99. The molecule has 0 aromatic heterocycles.